The van der Waals surface area contributed by atoms with Crippen LogP contribution in [0.1, 0.15) is 19.8 Å². The van der Waals surface area contributed by atoms with E-state index < -0.39 is 0 Å². The molecular formula is C17H27N3O3. The van der Waals surface area contributed by atoms with E-state index in [2.05, 4.69) is 10.2 Å². The predicted octanol–water partition coefficient (Wildman–Crippen LogP) is 2.43. The molecule has 0 aliphatic heterocycles. The first-order valence-corrected chi connectivity index (χ1v) is 7.94. The molecule has 0 aromatic heterocycles. The van der Waals surface area contributed by atoms with Gasteiger partial charge in [-0.25, -0.2) is 4.79 Å². The fraction of sp³-hybridized carbons (Fsp3) is 0.529. The van der Waals surface area contributed by atoms with Crippen molar-refractivity contribution in [3.63, 3.8) is 0 Å². The highest BCUT2D eigenvalue weighted by atomic mass is 16.5. The van der Waals surface area contributed by atoms with Gasteiger partial charge in [0.2, 0.25) is 0 Å². The van der Waals surface area contributed by atoms with Crippen molar-refractivity contribution in [1.82, 2.24) is 9.80 Å². The number of urea groups is 1. The van der Waals surface area contributed by atoms with Gasteiger partial charge in [0.25, 0.3) is 0 Å². The van der Waals surface area contributed by atoms with Crippen LogP contribution in [-0.4, -0.2) is 62.1 Å². The highest BCUT2D eigenvalue weighted by molar-refractivity contribution is 5.89. The summed E-state index contributed by atoms with van der Waals surface area (Å²) in [7, 11) is 3.99. The molecule has 0 unspecified atom stereocenters. The third kappa shape index (κ3) is 8.21. The summed E-state index contributed by atoms with van der Waals surface area (Å²) in [6, 6.07) is 9.10. The number of anilines is 1. The number of carbonyl (C=O) groups excluding carboxylic acids is 2. The number of benzene rings is 1. The number of hydrogen-bond donors (Lipinski definition) is 1. The average Bonchev–Trinajstić information content (AvgIpc) is 2.51. The van der Waals surface area contributed by atoms with Crippen LogP contribution in [0.5, 0.6) is 0 Å². The lowest BCUT2D eigenvalue weighted by atomic mass is 10.3. The molecule has 0 aliphatic carbocycles. The number of carbonyl (C=O) groups is 2. The molecule has 0 aliphatic rings. The second kappa shape index (κ2) is 10.6. The molecule has 6 nitrogen and oxygen atoms in total. The van der Waals surface area contributed by atoms with Crippen molar-refractivity contribution >= 4 is 17.7 Å². The largest absolute Gasteiger partial charge is 0.466 e. The van der Waals surface area contributed by atoms with Crippen molar-refractivity contribution in [3.05, 3.63) is 30.3 Å². The standard InChI is InChI=1S/C17H27N3O3/c1-4-23-16(21)11-14-20(13-8-12-19(2)3)17(22)18-15-9-6-5-7-10-15/h5-7,9-10H,4,8,11-14H2,1-3H3,(H,18,22). The Morgan fingerprint density at radius 1 is 1.09 bits per heavy atom. The van der Waals surface area contributed by atoms with Crippen LogP contribution < -0.4 is 5.32 Å². The number of para-hydroxylation sites is 1. The molecule has 0 atom stereocenters. The molecule has 0 spiro atoms. The smallest absolute Gasteiger partial charge is 0.321 e. The molecule has 0 heterocycles. The zero-order valence-electron chi connectivity index (χ0n) is 14.2. The molecule has 0 bridgehead atoms. The minimum atomic E-state index is -0.280. The van der Waals surface area contributed by atoms with Gasteiger partial charge in [0, 0.05) is 18.8 Å². The molecule has 1 aromatic rings. The summed E-state index contributed by atoms with van der Waals surface area (Å²) in [4.78, 5) is 27.7. The van der Waals surface area contributed by atoms with Crippen LogP contribution in [0.25, 0.3) is 0 Å². The summed E-state index contributed by atoms with van der Waals surface area (Å²) in [5.74, 6) is -0.280. The van der Waals surface area contributed by atoms with Crippen molar-refractivity contribution in [1.29, 1.82) is 0 Å². The number of ether oxygens (including phenoxy) is 1. The van der Waals surface area contributed by atoms with E-state index in [1.807, 2.05) is 44.4 Å². The van der Waals surface area contributed by atoms with E-state index in [0.29, 0.717) is 19.7 Å². The van der Waals surface area contributed by atoms with E-state index in [1.165, 1.54) is 0 Å². The van der Waals surface area contributed by atoms with E-state index in [0.717, 1.165) is 18.7 Å². The van der Waals surface area contributed by atoms with Gasteiger partial charge in [-0.2, -0.15) is 0 Å². The van der Waals surface area contributed by atoms with E-state index in [4.69, 9.17) is 4.74 Å². The number of rotatable bonds is 9. The number of amides is 2. The minimum absolute atomic E-state index is 0.195. The first-order chi connectivity index (χ1) is 11.0. The molecule has 6 heteroatoms. The summed E-state index contributed by atoms with van der Waals surface area (Å²) in [6.07, 6.45) is 1.05. The summed E-state index contributed by atoms with van der Waals surface area (Å²) in [5, 5.41) is 2.86. The van der Waals surface area contributed by atoms with Gasteiger partial charge in [-0.15, -0.1) is 0 Å². The van der Waals surface area contributed by atoms with Gasteiger partial charge in [0.05, 0.1) is 13.0 Å². The van der Waals surface area contributed by atoms with Crippen LogP contribution in [0.4, 0.5) is 10.5 Å². The van der Waals surface area contributed by atoms with E-state index >= 15 is 0 Å². The quantitative estimate of drug-likeness (QED) is 0.710. The van der Waals surface area contributed by atoms with Gasteiger partial charge in [-0.1, -0.05) is 18.2 Å². The zero-order chi connectivity index (χ0) is 17.1. The Bertz CT molecular complexity index is 477. The number of nitrogens with one attached hydrogen (secondary N) is 1. The maximum absolute atomic E-state index is 12.4. The topological polar surface area (TPSA) is 61.9 Å². The Hall–Kier alpha value is -2.08. The lowest BCUT2D eigenvalue weighted by Gasteiger charge is -2.23. The van der Waals surface area contributed by atoms with Crippen LogP contribution in [0.3, 0.4) is 0 Å². The van der Waals surface area contributed by atoms with Crippen LogP contribution >= 0.6 is 0 Å². The fourth-order valence-electron chi connectivity index (χ4n) is 2.08. The van der Waals surface area contributed by atoms with Crippen LogP contribution in [-0.2, 0) is 9.53 Å². The number of esters is 1. The van der Waals surface area contributed by atoms with Crippen LogP contribution in [0, 0.1) is 0 Å². The molecule has 0 radical (unpaired) electrons. The zero-order valence-corrected chi connectivity index (χ0v) is 14.2. The Labute approximate surface area is 138 Å². The maximum atomic E-state index is 12.4. The van der Waals surface area contributed by atoms with E-state index in [1.54, 1.807) is 11.8 Å². The third-order valence-corrected chi connectivity index (χ3v) is 3.24. The van der Waals surface area contributed by atoms with Gasteiger partial charge >= 0.3 is 12.0 Å². The molecule has 1 aromatic carbocycles. The van der Waals surface area contributed by atoms with Gasteiger partial charge in [-0.05, 0) is 46.1 Å². The molecule has 1 N–H and O–H groups in total. The highest BCUT2D eigenvalue weighted by Gasteiger charge is 2.15. The van der Waals surface area contributed by atoms with Gasteiger partial charge < -0.3 is 19.9 Å². The first kappa shape index (κ1) is 19.0. The lowest BCUT2D eigenvalue weighted by Crippen LogP contribution is -2.38. The fourth-order valence-corrected chi connectivity index (χ4v) is 2.08. The lowest BCUT2D eigenvalue weighted by molar-refractivity contribution is -0.143. The predicted molar refractivity (Wildman–Crippen MR) is 91.5 cm³/mol. The summed E-state index contributed by atoms with van der Waals surface area (Å²) in [6.45, 7) is 3.96. The van der Waals surface area contributed by atoms with Crippen molar-refractivity contribution in [2.24, 2.45) is 0 Å². The SMILES string of the molecule is CCOC(=O)CCN(CCCN(C)C)C(=O)Nc1ccccc1. The van der Waals surface area contributed by atoms with Gasteiger partial charge in [0.1, 0.15) is 0 Å². The molecular weight excluding hydrogens is 294 g/mol. The Morgan fingerprint density at radius 3 is 2.39 bits per heavy atom. The highest BCUT2D eigenvalue weighted by Crippen LogP contribution is 2.08. The minimum Gasteiger partial charge on any atom is -0.466 e. The van der Waals surface area contributed by atoms with Crippen molar-refractivity contribution in [2.75, 3.05) is 45.7 Å². The van der Waals surface area contributed by atoms with E-state index in [-0.39, 0.29) is 18.4 Å². The summed E-state index contributed by atoms with van der Waals surface area (Å²) < 4.78 is 4.93. The third-order valence-electron chi connectivity index (χ3n) is 3.24. The molecule has 0 saturated carbocycles. The Morgan fingerprint density at radius 2 is 1.78 bits per heavy atom. The summed E-state index contributed by atoms with van der Waals surface area (Å²) in [5.41, 5.74) is 0.742. The molecule has 0 saturated heterocycles. The number of nitrogens with zero attached hydrogens (tertiary/aromatic N) is 2. The second-order valence-electron chi connectivity index (χ2n) is 5.50. The van der Waals surface area contributed by atoms with Crippen LogP contribution in [0.15, 0.2) is 30.3 Å². The van der Waals surface area contributed by atoms with Crippen LogP contribution in [0.2, 0.25) is 0 Å². The van der Waals surface area contributed by atoms with Crippen molar-refractivity contribution in [2.45, 2.75) is 19.8 Å². The van der Waals surface area contributed by atoms with Gasteiger partial charge in [0.15, 0.2) is 0 Å². The molecule has 1 rings (SSSR count). The molecule has 2 amide bonds. The normalized spacial score (nSPS) is 10.4. The molecule has 128 valence electrons. The second-order valence-corrected chi connectivity index (χ2v) is 5.50. The van der Waals surface area contributed by atoms with Gasteiger partial charge in [-0.3, -0.25) is 4.79 Å². The Kier molecular flexibility index (Phi) is 8.75. The number of hydrogen-bond acceptors (Lipinski definition) is 4. The molecule has 0 fully saturated rings. The van der Waals surface area contributed by atoms with E-state index in [9.17, 15) is 9.59 Å². The Balaban J connectivity index is 2.57. The van der Waals surface area contributed by atoms with Crippen molar-refractivity contribution in [3.8, 4) is 0 Å². The van der Waals surface area contributed by atoms with Crippen molar-refractivity contribution < 1.29 is 14.3 Å². The monoisotopic (exact) mass is 321 g/mol. The average molecular weight is 321 g/mol. The maximum Gasteiger partial charge on any atom is 0.321 e. The molecule has 23 heavy (non-hydrogen) atoms. The first-order valence-electron chi connectivity index (χ1n) is 7.94. The summed E-state index contributed by atoms with van der Waals surface area (Å²) >= 11 is 0.